The molecule has 0 amide bonds. The maximum atomic E-state index is 13.6. The van der Waals surface area contributed by atoms with Gasteiger partial charge in [-0.3, -0.25) is 0 Å². The zero-order chi connectivity index (χ0) is 13.4. The highest BCUT2D eigenvalue weighted by Crippen LogP contribution is 2.34. The summed E-state index contributed by atoms with van der Waals surface area (Å²) in [4.78, 5) is 0. The number of rotatable bonds is 2. The van der Waals surface area contributed by atoms with Gasteiger partial charge in [-0.2, -0.15) is 4.39 Å². The molecule has 0 radical (unpaired) electrons. The van der Waals surface area contributed by atoms with E-state index in [1.54, 1.807) is 6.07 Å². The second-order valence-electron chi connectivity index (χ2n) is 4.67. The summed E-state index contributed by atoms with van der Waals surface area (Å²) in [6.45, 7) is 0. The Bertz CT molecular complexity index is 640. The van der Waals surface area contributed by atoms with Crippen molar-refractivity contribution in [2.75, 3.05) is 5.73 Å². The quantitative estimate of drug-likeness (QED) is 0.834. The van der Waals surface area contributed by atoms with Crippen LogP contribution >= 0.6 is 0 Å². The smallest absolute Gasteiger partial charge is 0.203 e. The summed E-state index contributed by atoms with van der Waals surface area (Å²) in [6.07, 6.45) is 3.18. The van der Waals surface area contributed by atoms with Crippen LogP contribution in [-0.4, -0.2) is 0 Å². The average Bonchev–Trinajstić information content (AvgIpc) is 2.86. The minimum Gasteiger partial charge on any atom is -0.452 e. The molecular formula is C15H13F2NO. The van der Waals surface area contributed by atoms with Crippen molar-refractivity contribution in [3.63, 3.8) is 0 Å². The number of nitrogen functional groups attached to an aromatic ring is 1. The molecular weight excluding hydrogens is 248 g/mol. The van der Waals surface area contributed by atoms with Crippen LogP contribution in [0.3, 0.4) is 0 Å². The lowest BCUT2D eigenvalue weighted by Gasteiger charge is -2.11. The molecule has 0 fully saturated rings. The molecule has 0 saturated carbocycles. The van der Waals surface area contributed by atoms with Crippen LogP contribution in [0.25, 0.3) is 0 Å². The fourth-order valence-corrected chi connectivity index (χ4v) is 2.38. The van der Waals surface area contributed by atoms with E-state index in [0.717, 1.165) is 25.3 Å². The van der Waals surface area contributed by atoms with Crippen molar-refractivity contribution < 1.29 is 13.5 Å². The highest BCUT2D eigenvalue weighted by Gasteiger charge is 2.16. The molecule has 0 saturated heterocycles. The third kappa shape index (κ3) is 2.14. The maximum absolute atomic E-state index is 13.6. The Morgan fingerprint density at radius 3 is 2.63 bits per heavy atom. The molecule has 2 N–H and O–H groups in total. The van der Waals surface area contributed by atoms with Gasteiger partial charge in [-0.15, -0.1) is 0 Å². The van der Waals surface area contributed by atoms with Gasteiger partial charge in [0.05, 0.1) is 5.69 Å². The van der Waals surface area contributed by atoms with Gasteiger partial charge < -0.3 is 10.5 Å². The highest BCUT2D eigenvalue weighted by atomic mass is 19.2. The first-order valence-corrected chi connectivity index (χ1v) is 6.18. The number of ether oxygens (including phenoxy) is 1. The average molecular weight is 261 g/mol. The van der Waals surface area contributed by atoms with E-state index >= 15 is 0 Å². The van der Waals surface area contributed by atoms with Crippen LogP contribution in [0.1, 0.15) is 17.5 Å². The number of anilines is 1. The Morgan fingerprint density at radius 1 is 1.00 bits per heavy atom. The number of fused-ring (bicyclic) bond motifs is 1. The zero-order valence-electron chi connectivity index (χ0n) is 10.2. The van der Waals surface area contributed by atoms with Crippen molar-refractivity contribution in [3.8, 4) is 11.5 Å². The van der Waals surface area contributed by atoms with Crippen molar-refractivity contribution in [3.05, 3.63) is 53.1 Å². The van der Waals surface area contributed by atoms with Crippen molar-refractivity contribution in [1.82, 2.24) is 0 Å². The molecule has 0 heterocycles. The van der Waals surface area contributed by atoms with Crippen molar-refractivity contribution >= 4 is 5.69 Å². The van der Waals surface area contributed by atoms with Crippen molar-refractivity contribution in [1.29, 1.82) is 0 Å². The fraction of sp³-hybridized carbons (Fsp3) is 0.200. The van der Waals surface area contributed by atoms with Crippen molar-refractivity contribution in [2.45, 2.75) is 19.3 Å². The third-order valence-electron chi connectivity index (χ3n) is 3.37. The third-order valence-corrected chi connectivity index (χ3v) is 3.37. The number of benzene rings is 2. The lowest BCUT2D eigenvalue weighted by atomic mass is 10.1. The van der Waals surface area contributed by atoms with Gasteiger partial charge in [-0.1, -0.05) is 6.07 Å². The lowest BCUT2D eigenvalue weighted by molar-refractivity contribution is 0.418. The summed E-state index contributed by atoms with van der Waals surface area (Å²) >= 11 is 0. The van der Waals surface area contributed by atoms with E-state index in [1.165, 1.54) is 17.2 Å². The topological polar surface area (TPSA) is 35.2 Å². The van der Waals surface area contributed by atoms with Gasteiger partial charge in [-0.05, 0) is 54.7 Å². The lowest BCUT2D eigenvalue weighted by Crippen LogP contribution is -1.98. The normalized spacial score (nSPS) is 13.4. The van der Waals surface area contributed by atoms with Crippen LogP contribution in [0.5, 0.6) is 11.5 Å². The van der Waals surface area contributed by atoms with Gasteiger partial charge in [-0.25, -0.2) is 4.39 Å². The van der Waals surface area contributed by atoms with Gasteiger partial charge in [0, 0.05) is 0 Å². The maximum Gasteiger partial charge on any atom is 0.203 e. The van der Waals surface area contributed by atoms with Crippen LogP contribution in [0.15, 0.2) is 30.3 Å². The van der Waals surface area contributed by atoms with E-state index in [-0.39, 0.29) is 11.4 Å². The van der Waals surface area contributed by atoms with E-state index < -0.39 is 11.6 Å². The monoisotopic (exact) mass is 261 g/mol. The minimum atomic E-state index is -1.06. The zero-order valence-corrected chi connectivity index (χ0v) is 10.2. The fourth-order valence-electron chi connectivity index (χ4n) is 2.38. The first kappa shape index (κ1) is 12.0. The molecule has 0 unspecified atom stereocenters. The van der Waals surface area contributed by atoms with E-state index in [4.69, 9.17) is 10.5 Å². The molecule has 1 aliphatic rings. The van der Waals surface area contributed by atoms with E-state index in [2.05, 4.69) is 0 Å². The molecule has 1 aliphatic carbocycles. The SMILES string of the molecule is Nc1ccc(F)c(F)c1Oc1ccc2c(c1)CCC2. The second kappa shape index (κ2) is 4.53. The molecule has 98 valence electrons. The van der Waals surface area contributed by atoms with Gasteiger partial charge in [0.15, 0.2) is 11.6 Å². The van der Waals surface area contributed by atoms with E-state index in [1.807, 2.05) is 12.1 Å². The van der Waals surface area contributed by atoms with Gasteiger partial charge >= 0.3 is 0 Å². The summed E-state index contributed by atoms with van der Waals surface area (Å²) in [5.41, 5.74) is 8.20. The molecule has 0 aliphatic heterocycles. The Balaban J connectivity index is 1.96. The van der Waals surface area contributed by atoms with Gasteiger partial charge in [0.2, 0.25) is 5.82 Å². The molecule has 0 atom stereocenters. The standard InChI is InChI=1S/C15H13F2NO/c16-12-6-7-13(18)15(14(12)17)19-11-5-4-9-2-1-3-10(9)8-11/h4-8H,1-3,18H2. The minimum absolute atomic E-state index is 0.0828. The van der Waals surface area contributed by atoms with Crippen LogP contribution in [0.2, 0.25) is 0 Å². The summed E-state index contributed by atoms with van der Waals surface area (Å²) in [5.74, 6) is -1.79. The molecule has 2 aromatic rings. The first-order valence-electron chi connectivity index (χ1n) is 6.18. The molecule has 0 aromatic heterocycles. The van der Waals surface area contributed by atoms with Crippen molar-refractivity contribution in [2.24, 2.45) is 0 Å². The van der Waals surface area contributed by atoms with Crippen LogP contribution in [0.4, 0.5) is 14.5 Å². The van der Waals surface area contributed by atoms with Crippen LogP contribution in [-0.2, 0) is 12.8 Å². The van der Waals surface area contributed by atoms with Gasteiger partial charge in [0.1, 0.15) is 5.75 Å². The Hall–Kier alpha value is -2.10. The highest BCUT2D eigenvalue weighted by molar-refractivity contribution is 5.55. The number of nitrogens with two attached hydrogens (primary N) is 1. The predicted molar refractivity (Wildman–Crippen MR) is 69.3 cm³/mol. The number of hydrogen-bond acceptors (Lipinski definition) is 2. The van der Waals surface area contributed by atoms with E-state index in [9.17, 15) is 8.78 Å². The molecule has 3 rings (SSSR count). The molecule has 0 spiro atoms. The number of hydrogen-bond donors (Lipinski definition) is 1. The Morgan fingerprint density at radius 2 is 1.79 bits per heavy atom. The predicted octanol–water partition coefficient (Wildman–Crippen LogP) is 3.83. The summed E-state index contributed by atoms with van der Waals surface area (Å²) in [5, 5.41) is 0. The largest absolute Gasteiger partial charge is 0.452 e. The molecule has 4 heteroatoms. The molecule has 2 nitrogen and oxygen atoms in total. The Kier molecular flexibility index (Phi) is 2.85. The summed E-state index contributed by atoms with van der Waals surface area (Å²) < 4.78 is 32.2. The van der Waals surface area contributed by atoms with E-state index in [0.29, 0.717) is 5.75 Å². The molecule has 19 heavy (non-hydrogen) atoms. The first-order chi connectivity index (χ1) is 9.15. The van der Waals surface area contributed by atoms with Gasteiger partial charge in [0.25, 0.3) is 0 Å². The van der Waals surface area contributed by atoms with Crippen LogP contribution < -0.4 is 10.5 Å². The number of halogens is 2. The second-order valence-corrected chi connectivity index (χ2v) is 4.67. The Labute approximate surface area is 109 Å². The molecule has 2 aromatic carbocycles. The molecule has 0 bridgehead atoms. The number of aryl methyl sites for hydroxylation is 2. The van der Waals surface area contributed by atoms with Crippen LogP contribution in [0, 0.1) is 11.6 Å². The summed E-state index contributed by atoms with van der Waals surface area (Å²) in [7, 11) is 0. The summed E-state index contributed by atoms with van der Waals surface area (Å²) in [6, 6.07) is 7.87.